The van der Waals surface area contributed by atoms with Gasteiger partial charge in [-0.25, -0.2) is 14.3 Å². The van der Waals surface area contributed by atoms with Crippen LogP contribution in [0.3, 0.4) is 0 Å². The molecule has 0 saturated carbocycles. The van der Waals surface area contributed by atoms with E-state index in [0.717, 1.165) is 22.3 Å². The van der Waals surface area contributed by atoms with Crippen molar-refractivity contribution < 1.29 is 9.90 Å². The summed E-state index contributed by atoms with van der Waals surface area (Å²) in [4.78, 5) is 17.3. The van der Waals surface area contributed by atoms with E-state index in [1.165, 1.54) is 4.90 Å². The van der Waals surface area contributed by atoms with Crippen molar-refractivity contribution in [2.45, 2.75) is 12.0 Å². The highest BCUT2D eigenvalue weighted by atomic mass is 16.4. The fourth-order valence-electron chi connectivity index (χ4n) is 3.82. The molecular formula is C19H17N9O2. The minimum Gasteiger partial charge on any atom is -0.465 e. The Morgan fingerprint density at radius 3 is 2.70 bits per heavy atom. The zero-order chi connectivity index (χ0) is 20.9. The SMILES string of the molecule is Cn1cc(-c2cn3nccc3c(-c3cnn(C4(CC#N)CN(C(=O)O)C4)c3)n2)cn1. The molecule has 150 valence electrons. The number of rotatable bonds is 4. The van der Waals surface area contributed by atoms with Gasteiger partial charge in [0.05, 0.1) is 67.3 Å². The molecule has 0 unspecified atom stereocenters. The molecule has 0 radical (unpaired) electrons. The summed E-state index contributed by atoms with van der Waals surface area (Å²) in [5, 5.41) is 31.5. The molecule has 30 heavy (non-hydrogen) atoms. The molecule has 1 fully saturated rings. The molecule has 1 N–H and O–H groups in total. The summed E-state index contributed by atoms with van der Waals surface area (Å²) >= 11 is 0. The van der Waals surface area contributed by atoms with Crippen molar-refractivity contribution in [1.82, 2.24) is 39.1 Å². The number of carboxylic acid groups (broad SMARTS) is 1. The maximum Gasteiger partial charge on any atom is 0.407 e. The summed E-state index contributed by atoms with van der Waals surface area (Å²) in [5.41, 5.74) is 3.19. The molecule has 1 aliphatic heterocycles. The summed E-state index contributed by atoms with van der Waals surface area (Å²) in [6.07, 6.45) is 9.83. The van der Waals surface area contributed by atoms with Crippen LogP contribution < -0.4 is 0 Å². The van der Waals surface area contributed by atoms with Crippen LogP contribution in [0, 0.1) is 11.3 Å². The van der Waals surface area contributed by atoms with Gasteiger partial charge >= 0.3 is 6.09 Å². The standard InChI is InChI=1S/C19H17N9O2/c1-25-8-13(6-22-25)15-10-27-16(2-5-21-27)17(24-15)14-7-23-28(9-14)19(3-4-20)11-26(12-19)18(29)30/h2,5-10H,3,11-12H2,1H3,(H,29,30). The van der Waals surface area contributed by atoms with E-state index in [4.69, 9.17) is 4.98 Å². The predicted octanol–water partition coefficient (Wildman–Crippen LogP) is 1.60. The van der Waals surface area contributed by atoms with E-state index < -0.39 is 11.6 Å². The molecule has 1 saturated heterocycles. The van der Waals surface area contributed by atoms with Crippen LogP contribution in [0.1, 0.15) is 6.42 Å². The minimum absolute atomic E-state index is 0.170. The number of nitrogens with zero attached hydrogens (tertiary/aromatic N) is 9. The van der Waals surface area contributed by atoms with E-state index in [0.29, 0.717) is 5.69 Å². The Balaban J connectivity index is 1.57. The van der Waals surface area contributed by atoms with Gasteiger partial charge in [0.1, 0.15) is 5.54 Å². The van der Waals surface area contributed by atoms with Gasteiger partial charge in [-0.1, -0.05) is 0 Å². The number of aryl methyl sites for hydroxylation is 1. The molecule has 5 heterocycles. The van der Waals surface area contributed by atoms with E-state index in [1.807, 2.05) is 31.7 Å². The first-order chi connectivity index (χ1) is 14.5. The van der Waals surface area contributed by atoms with Crippen LogP contribution in [0.2, 0.25) is 0 Å². The van der Waals surface area contributed by atoms with Gasteiger partial charge in [-0.15, -0.1) is 0 Å². The third kappa shape index (κ3) is 2.69. The Hall–Kier alpha value is -4.20. The van der Waals surface area contributed by atoms with Crippen molar-refractivity contribution in [1.29, 1.82) is 5.26 Å². The summed E-state index contributed by atoms with van der Waals surface area (Å²) in [5.74, 6) is 0. The van der Waals surface area contributed by atoms with Crippen LogP contribution in [-0.2, 0) is 12.6 Å². The van der Waals surface area contributed by atoms with Crippen LogP contribution >= 0.6 is 0 Å². The highest BCUT2D eigenvalue weighted by Gasteiger charge is 2.47. The number of likely N-dealkylation sites (tertiary alicyclic amines) is 1. The van der Waals surface area contributed by atoms with E-state index in [2.05, 4.69) is 21.4 Å². The van der Waals surface area contributed by atoms with E-state index in [-0.39, 0.29) is 19.5 Å². The Morgan fingerprint density at radius 1 is 1.20 bits per heavy atom. The first-order valence-electron chi connectivity index (χ1n) is 9.23. The molecule has 0 spiro atoms. The molecule has 4 aromatic rings. The number of fused-ring (bicyclic) bond motifs is 1. The number of amides is 1. The van der Waals surface area contributed by atoms with Gasteiger partial charge in [-0.3, -0.25) is 9.36 Å². The molecule has 11 nitrogen and oxygen atoms in total. The van der Waals surface area contributed by atoms with E-state index in [1.54, 1.807) is 32.5 Å². The molecule has 11 heteroatoms. The predicted molar refractivity (Wildman–Crippen MR) is 104 cm³/mol. The molecular weight excluding hydrogens is 386 g/mol. The fraction of sp³-hybridized carbons (Fsp3) is 0.263. The summed E-state index contributed by atoms with van der Waals surface area (Å²) in [6.45, 7) is 0.449. The lowest BCUT2D eigenvalue weighted by molar-refractivity contribution is 0.0139. The number of nitriles is 1. The van der Waals surface area contributed by atoms with Gasteiger partial charge in [0.2, 0.25) is 0 Å². The monoisotopic (exact) mass is 403 g/mol. The molecule has 0 aliphatic carbocycles. The van der Waals surface area contributed by atoms with Gasteiger partial charge in [0.25, 0.3) is 0 Å². The van der Waals surface area contributed by atoms with Crippen LogP contribution in [0.25, 0.3) is 28.0 Å². The number of carbonyl (C=O) groups is 1. The lowest BCUT2D eigenvalue weighted by Crippen LogP contribution is -2.64. The van der Waals surface area contributed by atoms with Crippen molar-refractivity contribution >= 4 is 11.6 Å². The molecule has 5 rings (SSSR count). The second-order valence-electron chi connectivity index (χ2n) is 7.41. The van der Waals surface area contributed by atoms with Crippen molar-refractivity contribution in [3.8, 4) is 28.6 Å². The van der Waals surface area contributed by atoms with Crippen molar-refractivity contribution in [2.24, 2.45) is 7.05 Å². The Morgan fingerprint density at radius 2 is 2.00 bits per heavy atom. The number of hydrogen-bond acceptors (Lipinski definition) is 6. The van der Waals surface area contributed by atoms with Crippen LogP contribution in [0.5, 0.6) is 0 Å². The zero-order valence-electron chi connectivity index (χ0n) is 16.0. The highest BCUT2D eigenvalue weighted by Crippen LogP contribution is 2.34. The third-order valence-corrected chi connectivity index (χ3v) is 5.38. The second-order valence-corrected chi connectivity index (χ2v) is 7.41. The Labute approximate surface area is 170 Å². The quantitative estimate of drug-likeness (QED) is 0.547. The summed E-state index contributed by atoms with van der Waals surface area (Å²) in [7, 11) is 1.84. The minimum atomic E-state index is -0.997. The first-order valence-corrected chi connectivity index (χ1v) is 9.23. The first kappa shape index (κ1) is 17.9. The van der Waals surface area contributed by atoms with Crippen molar-refractivity contribution in [2.75, 3.05) is 13.1 Å². The highest BCUT2D eigenvalue weighted by molar-refractivity contribution is 5.78. The van der Waals surface area contributed by atoms with Gasteiger partial charge in [-0.05, 0) is 6.07 Å². The van der Waals surface area contributed by atoms with Crippen LogP contribution in [0.4, 0.5) is 4.79 Å². The maximum atomic E-state index is 11.2. The average molecular weight is 403 g/mol. The smallest absolute Gasteiger partial charge is 0.407 e. The molecule has 0 bridgehead atoms. The summed E-state index contributed by atoms with van der Waals surface area (Å²) in [6, 6.07) is 4.02. The van der Waals surface area contributed by atoms with Crippen LogP contribution in [-0.4, -0.2) is 63.3 Å². The normalized spacial score (nSPS) is 15.1. The molecule has 0 atom stereocenters. The molecule has 1 aliphatic rings. The topological polar surface area (TPSA) is 130 Å². The molecule has 0 aromatic carbocycles. The van der Waals surface area contributed by atoms with Gasteiger partial charge in [0.15, 0.2) is 0 Å². The number of hydrogen-bond donors (Lipinski definition) is 1. The van der Waals surface area contributed by atoms with E-state index >= 15 is 0 Å². The maximum absolute atomic E-state index is 11.2. The third-order valence-electron chi connectivity index (χ3n) is 5.38. The van der Waals surface area contributed by atoms with Gasteiger partial charge in [-0.2, -0.15) is 20.6 Å². The second kappa shape index (κ2) is 6.41. The molecule has 1 amide bonds. The largest absolute Gasteiger partial charge is 0.465 e. The zero-order valence-corrected chi connectivity index (χ0v) is 16.0. The lowest BCUT2D eigenvalue weighted by Gasteiger charge is -2.47. The number of aromatic nitrogens is 7. The Bertz CT molecular complexity index is 1300. The fourth-order valence-corrected chi connectivity index (χ4v) is 3.82. The van der Waals surface area contributed by atoms with Crippen molar-refractivity contribution in [3.63, 3.8) is 0 Å². The van der Waals surface area contributed by atoms with Crippen LogP contribution in [0.15, 0.2) is 43.2 Å². The van der Waals surface area contributed by atoms with Gasteiger partial charge < -0.3 is 10.0 Å². The Kier molecular flexibility index (Phi) is 3.82. The van der Waals surface area contributed by atoms with E-state index in [9.17, 15) is 15.2 Å². The molecule has 4 aromatic heterocycles. The van der Waals surface area contributed by atoms with Gasteiger partial charge in [0, 0.05) is 30.6 Å². The average Bonchev–Trinajstić information content (AvgIpc) is 3.43. The lowest BCUT2D eigenvalue weighted by atomic mass is 9.87. The summed E-state index contributed by atoms with van der Waals surface area (Å²) < 4.78 is 5.15. The van der Waals surface area contributed by atoms with Crippen molar-refractivity contribution in [3.05, 3.63) is 43.2 Å².